The summed E-state index contributed by atoms with van der Waals surface area (Å²) in [5, 5.41) is 5.23. The summed E-state index contributed by atoms with van der Waals surface area (Å²) < 4.78 is 4.99. The zero-order valence-electron chi connectivity index (χ0n) is 32.3. The fourth-order valence-corrected chi connectivity index (χ4v) is 9.41. The number of nitrogens with zero attached hydrogens (tertiary/aromatic N) is 2. The van der Waals surface area contributed by atoms with E-state index in [1.54, 1.807) is 0 Å². The molecule has 0 N–H and O–H groups in total. The average Bonchev–Trinajstić information content (AvgIpc) is 3.74. The molecule has 0 fully saturated rings. The second-order valence-corrected chi connectivity index (χ2v) is 15.9. The van der Waals surface area contributed by atoms with Crippen molar-refractivity contribution >= 4 is 43.6 Å². The smallest absolute Gasteiger partial charge is 0.0579 e. The Kier molecular flexibility index (Phi) is 7.28. The Morgan fingerprint density at radius 2 is 0.875 bits per heavy atom. The molecule has 11 rings (SSSR count). The molecule has 2 heteroatoms. The highest BCUT2D eigenvalue weighted by atomic mass is 15.0. The van der Waals surface area contributed by atoms with Gasteiger partial charge in [0.15, 0.2) is 0 Å². The number of hydrogen-bond donors (Lipinski definition) is 0. The molecule has 0 bridgehead atoms. The number of benzene rings is 8. The van der Waals surface area contributed by atoms with Crippen LogP contribution in [0.4, 0.5) is 0 Å². The lowest BCUT2D eigenvalue weighted by Gasteiger charge is -2.23. The zero-order valence-corrected chi connectivity index (χ0v) is 32.3. The quantitative estimate of drug-likeness (QED) is 0.171. The maximum Gasteiger partial charge on any atom is 0.0579 e. The highest BCUT2D eigenvalue weighted by molar-refractivity contribution is 6.15. The second-order valence-electron chi connectivity index (χ2n) is 15.9. The number of fused-ring (bicyclic) bond motifs is 10. The van der Waals surface area contributed by atoms with Crippen molar-refractivity contribution in [1.82, 2.24) is 9.13 Å². The molecule has 2 aromatic heterocycles. The first-order chi connectivity index (χ1) is 27.4. The minimum atomic E-state index is 0.990. The molecule has 0 unspecified atom stereocenters. The van der Waals surface area contributed by atoms with Gasteiger partial charge in [-0.3, -0.25) is 0 Å². The van der Waals surface area contributed by atoms with Crippen LogP contribution in [0.1, 0.15) is 33.4 Å². The van der Waals surface area contributed by atoms with Crippen molar-refractivity contribution in [2.75, 3.05) is 0 Å². The maximum absolute atomic E-state index is 2.52. The standard InChI is InChI=1S/C54H42N2/c1-33-15-17-37(27-35(33)3)39-21-26-52-48(29-39)46-24-23-44-45(54(46)56(52)43-13-9-6-10-14-43)22-19-41-31-50-49-30-40(38-18-16-34(2)36(4)28-38)20-25-51(49)55(53(50)32-47(41)44)42-11-7-5-8-12-42/h5-18,20-21,23-32H,19,22H2,1-4H3. The van der Waals surface area contributed by atoms with Gasteiger partial charge in [-0.2, -0.15) is 0 Å². The predicted octanol–water partition coefficient (Wildman–Crippen LogP) is 14.2. The number of aromatic nitrogens is 2. The van der Waals surface area contributed by atoms with E-state index < -0.39 is 0 Å². The van der Waals surface area contributed by atoms with Gasteiger partial charge in [0.25, 0.3) is 0 Å². The van der Waals surface area contributed by atoms with E-state index in [0.717, 1.165) is 12.8 Å². The summed E-state index contributed by atoms with van der Waals surface area (Å²) in [4.78, 5) is 0. The van der Waals surface area contributed by atoms with Gasteiger partial charge in [-0.25, -0.2) is 0 Å². The lowest BCUT2D eigenvalue weighted by molar-refractivity contribution is 0.944. The highest BCUT2D eigenvalue weighted by Gasteiger charge is 2.25. The van der Waals surface area contributed by atoms with Gasteiger partial charge in [0.05, 0.1) is 22.1 Å². The molecule has 268 valence electrons. The van der Waals surface area contributed by atoms with Gasteiger partial charge < -0.3 is 9.13 Å². The predicted molar refractivity (Wildman–Crippen MR) is 238 cm³/mol. The van der Waals surface area contributed by atoms with Crippen LogP contribution in [-0.4, -0.2) is 9.13 Å². The Bertz CT molecular complexity index is 3150. The number of para-hydroxylation sites is 2. The molecule has 0 saturated heterocycles. The van der Waals surface area contributed by atoms with Gasteiger partial charge in [0, 0.05) is 32.9 Å². The van der Waals surface area contributed by atoms with Crippen LogP contribution in [0.25, 0.3) is 88.4 Å². The van der Waals surface area contributed by atoms with Gasteiger partial charge in [-0.05, 0) is 168 Å². The van der Waals surface area contributed by atoms with Crippen LogP contribution in [0, 0.1) is 27.7 Å². The van der Waals surface area contributed by atoms with Crippen molar-refractivity contribution in [3.63, 3.8) is 0 Å². The van der Waals surface area contributed by atoms with E-state index in [2.05, 4.69) is 195 Å². The minimum absolute atomic E-state index is 0.990. The van der Waals surface area contributed by atoms with Gasteiger partial charge >= 0.3 is 0 Å². The van der Waals surface area contributed by atoms with E-state index in [1.807, 2.05) is 0 Å². The summed E-state index contributed by atoms with van der Waals surface area (Å²) in [5.74, 6) is 0. The third-order valence-electron chi connectivity index (χ3n) is 12.7. The minimum Gasteiger partial charge on any atom is -0.309 e. The summed E-state index contributed by atoms with van der Waals surface area (Å²) in [5.41, 5.74) is 23.3. The summed E-state index contributed by atoms with van der Waals surface area (Å²) in [7, 11) is 0. The van der Waals surface area contributed by atoms with Crippen LogP contribution < -0.4 is 0 Å². The van der Waals surface area contributed by atoms with Crippen molar-refractivity contribution in [2.45, 2.75) is 40.5 Å². The van der Waals surface area contributed by atoms with Crippen LogP contribution in [0.3, 0.4) is 0 Å². The molecular weight excluding hydrogens is 677 g/mol. The fourth-order valence-electron chi connectivity index (χ4n) is 9.41. The van der Waals surface area contributed by atoms with Crippen LogP contribution >= 0.6 is 0 Å². The van der Waals surface area contributed by atoms with E-state index in [9.17, 15) is 0 Å². The molecule has 10 aromatic rings. The maximum atomic E-state index is 2.52. The second kappa shape index (κ2) is 12.4. The van der Waals surface area contributed by atoms with Crippen molar-refractivity contribution in [3.8, 4) is 44.8 Å². The Hall–Kier alpha value is -6.64. The summed E-state index contributed by atoms with van der Waals surface area (Å²) in [6.45, 7) is 8.79. The Labute approximate surface area is 327 Å². The lowest BCUT2D eigenvalue weighted by Crippen LogP contribution is -2.07. The number of rotatable bonds is 4. The van der Waals surface area contributed by atoms with Crippen LogP contribution in [-0.2, 0) is 12.8 Å². The number of aryl methyl sites for hydroxylation is 6. The largest absolute Gasteiger partial charge is 0.309 e. The molecule has 1 aliphatic rings. The first-order valence-electron chi connectivity index (χ1n) is 19.9. The van der Waals surface area contributed by atoms with Crippen LogP contribution in [0.15, 0.2) is 158 Å². The fraction of sp³-hybridized carbons (Fsp3) is 0.111. The first-order valence-corrected chi connectivity index (χ1v) is 19.9. The highest BCUT2D eigenvalue weighted by Crippen LogP contribution is 2.46. The summed E-state index contributed by atoms with van der Waals surface area (Å²) in [6.07, 6.45) is 1.99. The molecule has 1 aliphatic carbocycles. The van der Waals surface area contributed by atoms with Crippen molar-refractivity contribution in [1.29, 1.82) is 0 Å². The topological polar surface area (TPSA) is 9.86 Å². The van der Waals surface area contributed by atoms with E-state index in [-0.39, 0.29) is 0 Å². The molecule has 0 spiro atoms. The molecule has 2 nitrogen and oxygen atoms in total. The lowest BCUT2D eigenvalue weighted by atomic mass is 9.83. The number of hydrogen-bond acceptors (Lipinski definition) is 0. The molecule has 0 radical (unpaired) electrons. The Morgan fingerprint density at radius 3 is 1.48 bits per heavy atom. The normalized spacial score (nSPS) is 12.5. The average molecular weight is 719 g/mol. The van der Waals surface area contributed by atoms with Crippen molar-refractivity contribution < 1.29 is 0 Å². The third kappa shape index (κ3) is 4.95. The van der Waals surface area contributed by atoms with E-state index in [4.69, 9.17) is 0 Å². The van der Waals surface area contributed by atoms with Crippen LogP contribution in [0.5, 0.6) is 0 Å². The molecule has 8 aromatic carbocycles. The van der Waals surface area contributed by atoms with Gasteiger partial charge in [-0.1, -0.05) is 97.1 Å². The van der Waals surface area contributed by atoms with E-state index >= 15 is 0 Å². The summed E-state index contributed by atoms with van der Waals surface area (Å²) in [6, 6.07) is 59.4. The summed E-state index contributed by atoms with van der Waals surface area (Å²) >= 11 is 0. The van der Waals surface area contributed by atoms with Crippen LogP contribution in [0.2, 0.25) is 0 Å². The Balaban J connectivity index is 1.16. The van der Waals surface area contributed by atoms with E-state index in [0.29, 0.717) is 0 Å². The third-order valence-corrected chi connectivity index (χ3v) is 12.7. The molecule has 0 amide bonds. The molecule has 0 atom stereocenters. The van der Waals surface area contributed by atoms with Crippen molar-refractivity contribution in [2.24, 2.45) is 0 Å². The van der Waals surface area contributed by atoms with Gasteiger partial charge in [0.2, 0.25) is 0 Å². The molecule has 0 aliphatic heterocycles. The van der Waals surface area contributed by atoms with Gasteiger partial charge in [0.1, 0.15) is 0 Å². The Morgan fingerprint density at radius 1 is 0.357 bits per heavy atom. The van der Waals surface area contributed by atoms with Crippen molar-refractivity contribution in [3.05, 3.63) is 191 Å². The molecule has 0 saturated carbocycles. The SMILES string of the molecule is Cc1ccc(-c2ccc3c(c2)c2cc4c(cc2n3-c2ccccc2)-c2ccc3c5cc(-c6ccc(C)c(C)c6)ccc5n(-c5ccccc5)c3c2CC4)cc1C. The van der Waals surface area contributed by atoms with E-state index in [1.165, 1.54) is 122 Å². The zero-order chi connectivity index (χ0) is 37.7. The van der Waals surface area contributed by atoms with Gasteiger partial charge in [-0.15, -0.1) is 0 Å². The monoisotopic (exact) mass is 718 g/mol. The molecule has 2 heterocycles. The molecule has 56 heavy (non-hydrogen) atoms. The first kappa shape index (κ1) is 32.8. The molecular formula is C54H42N2.